The predicted octanol–water partition coefficient (Wildman–Crippen LogP) is -5.55. The summed E-state index contributed by atoms with van der Waals surface area (Å²) in [6.45, 7) is 0. The minimum Gasteiger partial charge on any atom is -0.759 e. The van der Waals surface area contributed by atoms with Crippen molar-refractivity contribution in [3.8, 4) is 0 Å². The maximum absolute atomic E-state index is 8.63. The first-order chi connectivity index (χ1) is 4.00. The Morgan fingerprint density at radius 3 is 0.923 bits per heavy atom. The molecule has 0 aromatic rings. The van der Waals surface area contributed by atoms with Crippen molar-refractivity contribution in [1.29, 1.82) is 0 Å². The molecule has 0 heterocycles. The van der Waals surface area contributed by atoms with Crippen LogP contribution in [0.4, 0.5) is 0 Å². The zero-order chi connectivity index (χ0) is 9.00. The van der Waals surface area contributed by atoms with Crippen LogP contribution in [-0.2, 0) is 20.8 Å². The van der Waals surface area contributed by atoms with Gasteiger partial charge in [-0.15, -0.1) is 0 Å². The van der Waals surface area contributed by atoms with E-state index in [0.717, 1.165) is 0 Å². The molecule has 0 aliphatic carbocycles. The van der Waals surface area contributed by atoms with E-state index in [2.05, 4.69) is 0 Å². The number of hydrogen-bond donors (Lipinski definition) is 2. The minimum absolute atomic E-state index is 0. The molecular weight excluding hydrogens is 270 g/mol. The Bertz CT molecular complexity index is 219. The van der Waals surface area contributed by atoms with Crippen molar-refractivity contribution in [1.82, 2.24) is 6.15 Å². The molecular formula is H4KMgNO8S2. The van der Waals surface area contributed by atoms with Crippen LogP contribution in [0, 0.1) is 0 Å². The van der Waals surface area contributed by atoms with Gasteiger partial charge in [-0.05, 0) is 0 Å². The second-order valence-corrected chi connectivity index (χ2v) is 2.51. The summed E-state index contributed by atoms with van der Waals surface area (Å²) in [5.74, 6) is 0. The Balaban J connectivity index is -0.0000000267. The summed E-state index contributed by atoms with van der Waals surface area (Å²) in [5.41, 5.74) is 0. The van der Waals surface area contributed by atoms with Crippen LogP contribution >= 0.6 is 0 Å². The van der Waals surface area contributed by atoms with Crippen molar-refractivity contribution >= 4 is 43.9 Å². The van der Waals surface area contributed by atoms with Gasteiger partial charge in [-0.3, -0.25) is 13.0 Å². The maximum atomic E-state index is 8.63. The van der Waals surface area contributed by atoms with E-state index < -0.39 is 20.8 Å². The summed E-state index contributed by atoms with van der Waals surface area (Å²) in [4.78, 5) is 0. The van der Waals surface area contributed by atoms with Gasteiger partial charge in [0.1, 0.15) is 0 Å². The molecule has 0 amide bonds. The van der Waals surface area contributed by atoms with E-state index >= 15 is 0 Å². The molecule has 9 nitrogen and oxygen atoms in total. The van der Waals surface area contributed by atoms with E-state index in [-0.39, 0.29) is 80.6 Å². The zero-order valence-corrected chi connectivity index (χ0v) is 12.7. The van der Waals surface area contributed by atoms with Gasteiger partial charge in [-0.2, -0.15) is 0 Å². The zero-order valence-electron chi connectivity index (χ0n) is 6.54. The van der Waals surface area contributed by atoms with Gasteiger partial charge in [0.05, 0.1) is 0 Å². The molecule has 0 saturated heterocycles. The van der Waals surface area contributed by atoms with E-state index in [1.807, 2.05) is 0 Å². The molecule has 0 atom stereocenters. The van der Waals surface area contributed by atoms with Crippen LogP contribution in [0.25, 0.3) is 0 Å². The third-order valence-corrected chi connectivity index (χ3v) is 0. The molecule has 0 aromatic heterocycles. The van der Waals surface area contributed by atoms with Gasteiger partial charge in [0.25, 0.3) is 0 Å². The molecule has 0 saturated carbocycles. The first-order valence-electron chi connectivity index (χ1n) is 1.35. The van der Waals surface area contributed by atoms with Crippen LogP contribution in [0.5, 0.6) is 0 Å². The molecule has 0 aliphatic rings. The first-order valence-corrected chi connectivity index (χ1v) is 4.05. The monoisotopic (exact) mass is 273 g/mol. The molecule has 13 heavy (non-hydrogen) atoms. The molecule has 0 spiro atoms. The average Bonchev–Trinajstić information content (AvgIpc) is 1.12. The summed E-state index contributed by atoms with van der Waals surface area (Å²) >= 11 is 0. The van der Waals surface area contributed by atoms with E-state index in [4.69, 9.17) is 35.0 Å². The smallest absolute Gasteiger partial charge is 0.759 e. The first kappa shape index (κ1) is 29.4. The molecule has 72 valence electrons. The van der Waals surface area contributed by atoms with Gasteiger partial charge in [-0.25, -0.2) is 8.42 Å². The molecule has 0 rings (SSSR count). The fourth-order valence-corrected chi connectivity index (χ4v) is 0. The number of hydrogen-bond acceptors (Lipinski definition) is 8. The van der Waals surface area contributed by atoms with Gasteiger partial charge in [0, 0.05) is 10.4 Å². The van der Waals surface area contributed by atoms with Crippen molar-refractivity contribution in [3.05, 3.63) is 0 Å². The van der Waals surface area contributed by atoms with Gasteiger partial charge >= 0.3 is 74.4 Å². The van der Waals surface area contributed by atoms with Crippen LogP contribution in [0.3, 0.4) is 0 Å². The van der Waals surface area contributed by atoms with Crippen LogP contribution in [0.15, 0.2) is 0 Å². The minimum atomic E-state index is -5.17. The molecule has 0 unspecified atom stereocenters. The molecule has 0 bridgehead atoms. The van der Waals surface area contributed by atoms with Gasteiger partial charge in [-0.1, -0.05) is 0 Å². The quantitative estimate of drug-likeness (QED) is 0.246. The molecule has 0 radical (unpaired) electrons. The van der Waals surface area contributed by atoms with E-state index in [0.29, 0.717) is 0 Å². The average molecular weight is 274 g/mol. The number of rotatable bonds is 0. The third-order valence-electron chi connectivity index (χ3n) is 0. The Morgan fingerprint density at radius 1 is 0.923 bits per heavy atom. The third kappa shape index (κ3) is 467. The van der Waals surface area contributed by atoms with E-state index in [1.54, 1.807) is 0 Å². The Morgan fingerprint density at radius 2 is 0.923 bits per heavy atom. The fraction of sp³-hybridized carbons (Fsp3) is 0. The van der Waals surface area contributed by atoms with Crippen molar-refractivity contribution in [2.75, 3.05) is 0 Å². The normalized spacial score (nSPS) is 8.92. The van der Waals surface area contributed by atoms with Gasteiger partial charge in [0.2, 0.25) is 10.4 Å². The van der Waals surface area contributed by atoms with Crippen LogP contribution in [-0.4, -0.2) is 58.1 Å². The van der Waals surface area contributed by atoms with E-state index in [1.165, 1.54) is 0 Å². The second kappa shape index (κ2) is 12.2. The Hall–Kier alpha value is 2.10. The summed E-state index contributed by atoms with van der Waals surface area (Å²) in [6.07, 6.45) is 0. The maximum Gasteiger partial charge on any atom is 2.00 e. The molecule has 0 aromatic carbocycles. The Kier molecular flexibility index (Phi) is 27.6. The predicted molar refractivity (Wildman–Crippen MR) is 33.6 cm³/mol. The SMILES string of the molecule is N.O=S(=O)([O-])O.O=S(=O)([O-])[O-].[K+].[Mg+2]. The summed E-state index contributed by atoms with van der Waals surface area (Å²) < 4.78 is 66.9. The Labute approximate surface area is 134 Å². The second-order valence-electron chi connectivity index (χ2n) is 0.836. The van der Waals surface area contributed by atoms with Crippen LogP contribution < -0.4 is 57.5 Å². The largest absolute Gasteiger partial charge is 2.00 e. The van der Waals surface area contributed by atoms with Crippen molar-refractivity contribution < 1.29 is 86.4 Å². The van der Waals surface area contributed by atoms with Crippen molar-refractivity contribution in [2.45, 2.75) is 0 Å². The molecule has 0 fully saturated rings. The van der Waals surface area contributed by atoms with Crippen molar-refractivity contribution in [3.63, 3.8) is 0 Å². The fourth-order valence-electron chi connectivity index (χ4n) is 0. The molecule has 4 N–H and O–H groups in total. The summed E-state index contributed by atoms with van der Waals surface area (Å²) in [7, 11) is -10.1. The standard InChI is InChI=1S/K.Mg.H3N.2H2O4S/c;;;2*1-5(2,3)4/h;;1H3;2*(H2,1,2,3,4)/q+1;+2;;;/p-3. The van der Waals surface area contributed by atoms with Gasteiger partial charge in [0.15, 0.2) is 0 Å². The summed E-state index contributed by atoms with van der Waals surface area (Å²) in [6, 6.07) is 0. The molecule has 0 aliphatic heterocycles. The van der Waals surface area contributed by atoms with Crippen LogP contribution in [0.2, 0.25) is 0 Å². The summed E-state index contributed by atoms with van der Waals surface area (Å²) in [5, 5.41) is 0. The van der Waals surface area contributed by atoms with Crippen LogP contribution in [0.1, 0.15) is 0 Å². The van der Waals surface area contributed by atoms with E-state index in [9.17, 15) is 0 Å². The topological polar surface area (TPSA) is 193 Å². The molecule has 13 heteroatoms. The van der Waals surface area contributed by atoms with Gasteiger partial charge < -0.3 is 19.8 Å². The van der Waals surface area contributed by atoms with Crippen molar-refractivity contribution in [2.24, 2.45) is 0 Å².